The molecule has 1 atom stereocenters. The standard InChI is InChI=1S/C11H8F3NO5S/c12-11(13,14)9-7(10(16)17)4-5-3-6(21(15,18)19)1-2-8(5)20-9/h1-4,9H,(H,16,17)(H2,15,18,19). The molecule has 0 fully saturated rings. The second-order valence-corrected chi connectivity index (χ2v) is 5.75. The lowest BCUT2D eigenvalue weighted by Gasteiger charge is -2.27. The zero-order chi connectivity index (χ0) is 16.0. The Balaban J connectivity index is 2.59. The van der Waals surface area contributed by atoms with Crippen LogP contribution in [0.5, 0.6) is 5.75 Å². The number of halogens is 3. The summed E-state index contributed by atoms with van der Waals surface area (Å²) in [6.07, 6.45) is -6.82. The first-order chi connectivity index (χ1) is 9.50. The summed E-state index contributed by atoms with van der Waals surface area (Å²) in [5.74, 6) is -2.10. The van der Waals surface area contributed by atoms with Crippen molar-refractivity contribution in [2.75, 3.05) is 0 Å². The van der Waals surface area contributed by atoms with E-state index in [0.717, 1.165) is 18.2 Å². The number of carboxylic acids is 1. The van der Waals surface area contributed by atoms with Gasteiger partial charge in [-0.05, 0) is 24.3 Å². The highest BCUT2D eigenvalue weighted by atomic mass is 32.2. The van der Waals surface area contributed by atoms with E-state index >= 15 is 0 Å². The molecule has 0 radical (unpaired) electrons. The van der Waals surface area contributed by atoms with Crippen molar-refractivity contribution in [3.05, 3.63) is 29.3 Å². The predicted molar refractivity (Wildman–Crippen MR) is 63.9 cm³/mol. The van der Waals surface area contributed by atoms with Crippen LogP contribution in [0.1, 0.15) is 5.56 Å². The quantitative estimate of drug-likeness (QED) is 0.848. The fraction of sp³-hybridized carbons (Fsp3) is 0.182. The molecule has 0 saturated carbocycles. The molecule has 21 heavy (non-hydrogen) atoms. The number of primary sulfonamides is 1. The third-order valence-corrected chi connectivity index (χ3v) is 3.60. The molecule has 6 nitrogen and oxygen atoms in total. The zero-order valence-electron chi connectivity index (χ0n) is 10.1. The molecule has 1 unspecified atom stereocenters. The first kappa shape index (κ1) is 15.3. The summed E-state index contributed by atoms with van der Waals surface area (Å²) in [6, 6.07) is 2.91. The highest BCUT2D eigenvalue weighted by molar-refractivity contribution is 7.89. The smallest absolute Gasteiger partial charge is 0.430 e. The fourth-order valence-electron chi connectivity index (χ4n) is 1.77. The average Bonchev–Trinajstić information content (AvgIpc) is 2.34. The van der Waals surface area contributed by atoms with E-state index in [0.29, 0.717) is 6.08 Å². The number of carbonyl (C=O) groups is 1. The lowest BCUT2D eigenvalue weighted by molar-refractivity contribution is -0.187. The third-order valence-electron chi connectivity index (χ3n) is 2.69. The summed E-state index contributed by atoms with van der Waals surface area (Å²) in [6.45, 7) is 0. The van der Waals surface area contributed by atoms with Gasteiger partial charge in [-0.1, -0.05) is 0 Å². The summed E-state index contributed by atoms with van der Waals surface area (Å²) in [4.78, 5) is 10.5. The Morgan fingerprint density at radius 3 is 2.43 bits per heavy atom. The molecule has 0 aromatic heterocycles. The molecular formula is C11H8F3NO5S. The Morgan fingerprint density at radius 2 is 1.95 bits per heavy atom. The van der Waals surface area contributed by atoms with E-state index in [-0.39, 0.29) is 16.2 Å². The van der Waals surface area contributed by atoms with Gasteiger partial charge < -0.3 is 9.84 Å². The Kier molecular flexibility index (Phi) is 3.46. The molecule has 0 bridgehead atoms. The van der Waals surface area contributed by atoms with E-state index in [1.807, 2.05) is 0 Å². The van der Waals surface area contributed by atoms with Gasteiger partial charge in [-0.25, -0.2) is 18.4 Å². The van der Waals surface area contributed by atoms with Gasteiger partial charge in [-0.3, -0.25) is 0 Å². The van der Waals surface area contributed by atoms with E-state index in [9.17, 15) is 26.4 Å². The number of fused-ring (bicyclic) bond motifs is 1. The second kappa shape index (κ2) is 4.74. The maximum atomic E-state index is 12.8. The summed E-state index contributed by atoms with van der Waals surface area (Å²) < 4.78 is 65.3. The molecule has 0 saturated heterocycles. The molecule has 1 aliphatic heterocycles. The van der Waals surface area contributed by atoms with E-state index in [4.69, 9.17) is 10.2 Å². The Bertz CT molecular complexity index is 739. The maximum Gasteiger partial charge on any atom is 0.430 e. The van der Waals surface area contributed by atoms with Crippen LogP contribution in [0, 0.1) is 0 Å². The van der Waals surface area contributed by atoms with Crippen molar-refractivity contribution in [3.8, 4) is 5.75 Å². The first-order valence-corrected chi connectivity index (χ1v) is 6.90. The number of sulfonamides is 1. The van der Waals surface area contributed by atoms with Gasteiger partial charge in [0.2, 0.25) is 16.1 Å². The average molecular weight is 323 g/mol. The minimum absolute atomic E-state index is 0.112. The van der Waals surface area contributed by atoms with Crippen LogP contribution < -0.4 is 9.88 Å². The number of carboxylic acid groups (broad SMARTS) is 1. The molecular weight excluding hydrogens is 315 g/mol. The summed E-state index contributed by atoms with van der Waals surface area (Å²) in [5.41, 5.74) is -1.15. The van der Waals surface area contributed by atoms with Crippen molar-refractivity contribution in [2.24, 2.45) is 5.14 Å². The Labute approximate surface area is 116 Å². The topological polar surface area (TPSA) is 107 Å². The van der Waals surface area contributed by atoms with Gasteiger partial charge in [-0.2, -0.15) is 13.2 Å². The molecule has 1 aromatic rings. The second-order valence-electron chi connectivity index (χ2n) is 4.19. The molecule has 1 heterocycles. The molecule has 0 spiro atoms. The van der Waals surface area contributed by atoms with Gasteiger partial charge in [0.15, 0.2) is 0 Å². The van der Waals surface area contributed by atoms with Crippen LogP contribution >= 0.6 is 0 Å². The molecule has 114 valence electrons. The summed E-state index contributed by atoms with van der Waals surface area (Å²) >= 11 is 0. The number of ether oxygens (including phenoxy) is 1. The van der Waals surface area contributed by atoms with E-state index in [1.54, 1.807) is 0 Å². The Morgan fingerprint density at radius 1 is 1.33 bits per heavy atom. The molecule has 1 aromatic carbocycles. The zero-order valence-corrected chi connectivity index (χ0v) is 10.9. The van der Waals surface area contributed by atoms with Crippen molar-refractivity contribution < 1.29 is 36.2 Å². The monoisotopic (exact) mass is 323 g/mol. The van der Waals surface area contributed by atoms with Gasteiger partial charge in [0.05, 0.1) is 10.5 Å². The largest absolute Gasteiger partial charge is 0.478 e. The normalized spacial score (nSPS) is 18.5. The van der Waals surface area contributed by atoms with Gasteiger partial charge in [0, 0.05) is 5.56 Å². The van der Waals surface area contributed by atoms with Crippen LogP contribution in [0.25, 0.3) is 6.08 Å². The lowest BCUT2D eigenvalue weighted by Crippen LogP contribution is -2.40. The van der Waals surface area contributed by atoms with Crippen LogP contribution in [0.3, 0.4) is 0 Å². The van der Waals surface area contributed by atoms with Gasteiger partial charge in [-0.15, -0.1) is 0 Å². The van der Waals surface area contributed by atoms with Crippen molar-refractivity contribution in [3.63, 3.8) is 0 Å². The van der Waals surface area contributed by atoms with Crippen LogP contribution in [-0.4, -0.2) is 31.8 Å². The summed E-state index contributed by atoms with van der Waals surface area (Å²) in [7, 11) is -4.07. The third kappa shape index (κ3) is 3.00. The first-order valence-electron chi connectivity index (χ1n) is 5.35. The van der Waals surface area contributed by atoms with Crippen LogP contribution in [0.2, 0.25) is 0 Å². The molecule has 1 aliphatic rings. The van der Waals surface area contributed by atoms with Gasteiger partial charge >= 0.3 is 12.1 Å². The fourth-order valence-corrected chi connectivity index (χ4v) is 2.32. The maximum absolute atomic E-state index is 12.8. The lowest BCUT2D eigenvalue weighted by atomic mass is 10.0. The van der Waals surface area contributed by atoms with Crippen molar-refractivity contribution in [2.45, 2.75) is 17.2 Å². The molecule has 0 amide bonds. The number of aliphatic carboxylic acids is 1. The number of nitrogens with two attached hydrogens (primary N) is 1. The predicted octanol–water partition coefficient (Wildman–Crippen LogP) is 1.13. The summed E-state index contributed by atoms with van der Waals surface area (Å²) in [5, 5.41) is 13.7. The molecule has 2 rings (SSSR count). The van der Waals surface area contributed by atoms with Crippen molar-refractivity contribution in [1.29, 1.82) is 0 Å². The number of hydrogen-bond acceptors (Lipinski definition) is 4. The Hall–Kier alpha value is -2.07. The number of benzene rings is 1. The number of alkyl halides is 3. The highest BCUT2D eigenvalue weighted by Crippen LogP contribution is 2.37. The van der Waals surface area contributed by atoms with E-state index in [2.05, 4.69) is 4.74 Å². The van der Waals surface area contributed by atoms with E-state index < -0.39 is 33.8 Å². The van der Waals surface area contributed by atoms with Gasteiger partial charge in [0.25, 0.3) is 0 Å². The van der Waals surface area contributed by atoms with Crippen molar-refractivity contribution >= 4 is 22.1 Å². The molecule has 0 aliphatic carbocycles. The van der Waals surface area contributed by atoms with Crippen molar-refractivity contribution in [1.82, 2.24) is 0 Å². The van der Waals surface area contributed by atoms with Crippen LogP contribution in [0.15, 0.2) is 28.7 Å². The van der Waals surface area contributed by atoms with Crippen LogP contribution in [-0.2, 0) is 14.8 Å². The SMILES string of the molecule is NS(=O)(=O)c1ccc2c(c1)C=C(C(=O)O)C(C(F)(F)F)O2. The van der Waals surface area contributed by atoms with Gasteiger partial charge in [0.1, 0.15) is 5.75 Å². The minimum atomic E-state index is -4.92. The van der Waals surface area contributed by atoms with E-state index in [1.165, 1.54) is 0 Å². The molecule has 3 N–H and O–H groups in total. The van der Waals surface area contributed by atoms with Crippen LogP contribution in [0.4, 0.5) is 13.2 Å². The minimum Gasteiger partial charge on any atom is -0.478 e. The number of rotatable bonds is 2. The molecule has 10 heteroatoms. The number of hydrogen-bond donors (Lipinski definition) is 2. The highest BCUT2D eigenvalue weighted by Gasteiger charge is 2.48.